The molecule has 0 N–H and O–H groups in total. The minimum Gasteiger partial charge on any atom is -0.335 e. The van der Waals surface area contributed by atoms with Crippen LogP contribution in [0.4, 0.5) is 4.39 Å². The van der Waals surface area contributed by atoms with Crippen LogP contribution in [-0.4, -0.2) is 17.9 Å². The Labute approximate surface area is 124 Å². The van der Waals surface area contributed by atoms with Crippen LogP contribution in [-0.2, 0) is 6.42 Å². The molecule has 2 nitrogen and oxygen atoms in total. The highest BCUT2D eigenvalue weighted by atomic mass is 19.1. The van der Waals surface area contributed by atoms with Gasteiger partial charge in [0, 0.05) is 12.6 Å². The molecule has 0 radical (unpaired) electrons. The van der Waals surface area contributed by atoms with Crippen molar-refractivity contribution in [3.63, 3.8) is 0 Å². The Balaban J connectivity index is 1.87. The van der Waals surface area contributed by atoms with Crippen LogP contribution >= 0.6 is 0 Å². The number of halogens is 1. The smallest absolute Gasteiger partial charge is 0.254 e. The molecule has 21 heavy (non-hydrogen) atoms. The molecule has 0 unspecified atom stereocenters. The van der Waals surface area contributed by atoms with Crippen LogP contribution in [0.3, 0.4) is 0 Å². The molecule has 0 saturated carbocycles. The monoisotopic (exact) mass is 283 g/mol. The number of carbonyl (C=O) groups is 1. The van der Waals surface area contributed by atoms with Gasteiger partial charge in [0.2, 0.25) is 0 Å². The third-order valence-electron chi connectivity index (χ3n) is 4.22. The van der Waals surface area contributed by atoms with Crippen LogP contribution < -0.4 is 0 Å². The standard InChI is InChI=1S/C18H18FNO/c1-20(18(21)14-9-11-15(19)12-10-14)17-8-4-6-13-5-2-3-7-16(13)17/h2-3,5,7,9-12,17H,4,6,8H2,1H3/t17-/m1/s1. The summed E-state index contributed by atoms with van der Waals surface area (Å²) in [6.45, 7) is 0. The predicted molar refractivity (Wildman–Crippen MR) is 80.6 cm³/mol. The van der Waals surface area contributed by atoms with E-state index >= 15 is 0 Å². The Morgan fingerprint density at radius 2 is 1.86 bits per heavy atom. The van der Waals surface area contributed by atoms with E-state index in [1.807, 2.05) is 19.2 Å². The second kappa shape index (κ2) is 5.68. The van der Waals surface area contributed by atoms with Gasteiger partial charge < -0.3 is 4.90 Å². The van der Waals surface area contributed by atoms with Crippen molar-refractivity contribution in [1.29, 1.82) is 0 Å². The second-order valence-corrected chi connectivity index (χ2v) is 5.53. The van der Waals surface area contributed by atoms with Gasteiger partial charge in [-0.3, -0.25) is 4.79 Å². The first-order valence-electron chi connectivity index (χ1n) is 7.27. The van der Waals surface area contributed by atoms with Crippen LogP contribution in [0.15, 0.2) is 48.5 Å². The van der Waals surface area contributed by atoms with Crippen LogP contribution in [0.1, 0.15) is 40.4 Å². The summed E-state index contributed by atoms with van der Waals surface area (Å²) in [7, 11) is 1.83. The minimum absolute atomic E-state index is 0.0586. The summed E-state index contributed by atoms with van der Waals surface area (Å²) in [5.41, 5.74) is 3.09. The maximum atomic E-state index is 13.0. The number of carbonyl (C=O) groups excluding carboxylic acids is 1. The van der Waals surface area contributed by atoms with Gasteiger partial charge in [-0.15, -0.1) is 0 Å². The van der Waals surface area contributed by atoms with E-state index in [2.05, 4.69) is 12.1 Å². The summed E-state index contributed by atoms with van der Waals surface area (Å²) in [6, 6.07) is 14.2. The third kappa shape index (κ3) is 2.68. The molecule has 0 heterocycles. The van der Waals surface area contributed by atoms with E-state index in [0.29, 0.717) is 5.56 Å². The molecule has 2 aromatic rings. The number of amides is 1. The lowest BCUT2D eigenvalue weighted by molar-refractivity contribution is 0.0715. The molecule has 0 saturated heterocycles. The van der Waals surface area contributed by atoms with Gasteiger partial charge in [0.15, 0.2) is 0 Å². The summed E-state index contributed by atoms with van der Waals surface area (Å²) in [5.74, 6) is -0.381. The van der Waals surface area contributed by atoms with Crippen molar-refractivity contribution in [1.82, 2.24) is 4.90 Å². The van der Waals surface area contributed by atoms with Crippen molar-refractivity contribution in [3.8, 4) is 0 Å². The van der Waals surface area contributed by atoms with E-state index in [1.165, 1.54) is 23.3 Å². The first kappa shape index (κ1) is 13.8. The van der Waals surface area contributed by atoms with Gasteiger partial charge in [-0.05, 0) is 54.7 Å². The highest BCUT2D eigenvalue weighted by Crippen LogP contribution is 2.34. The van der Waals surface area contributed by atoms with E-state index in [0.717, 1.165) is 19.3 Å². The van der Waals surface area contributed by atoms with Gasteiger partial charge in [-0.25, -0.2) is 4.39 Å². The topological polar surface area (TPSA) is 20.3 Å². The molecular formula is C18H18FNO. The average molecular weight is 283 g/mol. The van der Waals surface area contributed by atoms with Crippen molar-refractivity contribution in [2.24, 2.45) is 0 Å². The number of hydrogen-bond acceptors (Lipinski definition) is 1. The van der Waals surface area contributed by atoms with Crippen LogP contribution in [0.5, 0.6) is 0 Å². The highest BCUT2D eigenvalue weighted by molar-refractivity contribution is 5.94. The van der Waals surface area contributed by atoms with Gasteiger partial charge in [0.25, 0.3) is 5.91 Å². The van der Waals surface area contributed by atoms with Crippen molar-refractivity contribution < 1.29 is 9.18 Å². The van der Waals surface area contributed by atoms with Crippen LogP contribution in [0, 0.1) is 5.82 Å². The lowest BCUT2D eigenvalue weighted by Crippen LogP contribution is -2.33. The maximum Gasteiger partial charge on any atom is 0.254 e. The zero-order valence-corrected chi connectivity index (χ0v) is 12.1. The number of rotatable bonds is 2. The van der Waals surface area contributed by atoms with Crippen molar-refractivity contribution in [2.45, 2.75) is 25.3 Å². The number of hydrogen-bond donors (Lipinski definition) is 0. The van der Waals surface area contributed by atoms with Crippen LogP contribution in [0.2, 0.25) is 0 Å². The normalized spacial score (nSPS) is 17.1. The zero-order chi connectivity index (χ0) is 14.8. The van der Waals surface area contributed by atoms with E-state index < -0.39 is 0 Å². The maximum absolute atomic E-state index is 13.0. The number of benzene rings is 2. The largest absolute Gasteiger partial charge is 0.335 e. The Morgan fingerprint density at radius 3 is 2.62 bits per heavy atom. The number of aryl methyl sites for hydroxylation is 1. The SMILES string of the molecule is CN(C(=O)c1ccc(F)cc1)[C@@H]1CCCc2ccccc21. The second-order valence-electron chi connectivity index (χ2n) is 5.53. The van der Waals surface area contributed by atoms with Gasteiger partial charge in [-0.2, -0.15) is 0 Å². The molecule has 0 spiro atoms. The van der Waals surface area contributed by atoms with Gasteiger partial charge in [0.05, 0.1) is 6.04 Å². The Morgan fingerprint density at radius 1 is 1.14 bits per heavy atom. The van der Waals surface area contributed by atoms with Crippen LogP contribution in [0.25, 0.3) is 0 Å². The summed E-state index contributed by atoms with van der Waals surface area (Å²) in [5, 5.41) is 0. The van der Waals surface area contributed by atoms with Gasteiger partial charge >= 0.3 is 0 Å². The van der Waals surface area contributed by atoms with E-state index in [1.54, 1.807) is 17.0 Å². The molecule has 1 atom stereocenters. The summed E-state index contributed by atoms with van der Waals surface area (Å²) >= 11 is 0. The molecule has 0 aromatic heterocycles. The van der Waals surface area contributed by atoms with Crippen molar-refractivity contribution >= 4 is 5.91 Å². The Kier molecular flexibility index (Phi) is 3.74. The molecular weight excluding hydrogens is 265 g/mol. The molecule has 3 heteroatoms. The van der Waals surface area contributed by atoms with Gasteiger partial charge in [0.1, 0.15) is 5.82 Å². The fraction of sp³-hybridized carbons (Fsp3) is 0.278. The fourth-order valence-electron chi connectivity index (χ4n) is 3.07. The van der Waals surface area contributed by atoms with Crippen molar-refractivity contribution in [2.75, 3.05) is 7.05 Å². The quantitative estimate of drug-likeness (QED) is 0.816. The number of nitrogens with zero attached hydrogens (tertiary/aromatic N) is 1. The Hall–Kier alpha value is -2.16. The lowest BCUT2D eigenvalue weighted by atomic mass is 9.87. The van der Waals surface area contributed by atoms with E-state index in [-0.39, 0.29) is 17.8 Å². The first-order valence-corrected chi connectivity index (χ1v) is 7.27. The lowest BCUT2D eigenvalue weighted by Gasteiger charge is -2.33. The summed E-state index contributed by atoms with van der Waals surface area (Å²) in [4.78, 5) is 14.4. The third-order valence-corrected chi connectivity index (χ3v) is 4.22. The molecule has 3 rings (SSSR count). The zero-order valence-electron chi connectivity index (χ0n) is 12.1. The summed E-state index contributed by atoms with van der Waals surface area (Å²) < 4.78 is 13.0. The Bertz CT molecular complexity index is 651. The molecule has 1 amide bonds. The molecule has 108 valence electrons. The molecule has 2 aromatic carbocycles. The predicted octanol–water partition coefficient (Wildman–Crippen LogP) is 3.98. The summed E-state index contributed by atoms with van der Waals surface area (Å²) in [6.07, 6.45) is 3.13. The molecule has 1 aliphatic carbocycles. The highest BCUT2D eigenvalue weighted by Gasteiger charge is 2.26. The molecule has 0 fully saturated rings. The number of fused-ring (bicyclic) bond motifs is 1. The minimum atomic E-state index is -0.322. The van der Waals surface area contributed by atoms with E-state index in [4.69, 9.17) is 0 Å². The van der Waals surface area contributed by atoms with E-state index in [9.17, 15) is 9.18 Å². The molecule has 0 bridgehead atoms. The average Bonchev–Trinajstić information content (AvgIpc) is 2.53. The first-order chi connectivity index (χ1) is 10.2. The fourth-order valence-corrected chi connectivity index (χ4v) is 3.07. The molecule has 0 aliphatic heterocycles. The molecule has 1 aliphatic rings. The van der Waals surface area contributed by atoms with Gasteiger partial charge in [-0.1, -0.05) is 24.3 Å². The van der Waals surface area contributed by atoms with Crippen molar-refractivity contribution in [3.05, 3.63) is 71.0 Å².